The van der Waals surface area contributed by atoms with E-state index >= 15 is 0 Å². The van der Waals surface area contributed by atoms with Crippen molar-refractivity contribution in [2.75, 3.05) is 6.54 Å². The minimum Gasteiger partial charge on any atom is -0.334 e. The van der Waals surface area contributed by atoms with Crippen molar-refractivity contribution in [1.29, 1.82) is 0 Å². The maximum atomic E-state index is 12.4. The fourth-order valence-corrected chi connectivity index (χ4v) is 3.10. The molecule has 0 N–H and O–H groups in total. The predicted octanol–water partition coefficient (Wildman–Crippen LogP) is 1.01. The van der Waals surface area contributed by atoms with Crippen LogP contribution in [0, 0.1) is 5.92 Å². The molecule has 0 aromatic carbocycles. The van der Waals surface area contributed by atoms with Crippen LogP contribution >= 0.6 is 0 Å². The molecule has 4 heteroatoms. The molecule has 2 atom stereocenters. The quantitative estimate of drug-likeness (QED) is 0.725. The van der Waals surface area contributed by atoms with Gasteiger partial charge in [0, 0.05) is 25.7 Å². The molecule has 90 valence electrons. The maximum absolute atomic E-state index is 12.4. The highest BCUT2D eigenvalue weighted by Gasteiger charge is 2.40. The number of piperidine rings is 1. The van der Waals surface area contributed by atoms with E-state index in [0.29, 0.717) is 17.7 Å². The van der Waals surface area contributed by atoms with Crippen molar-refractivity contribution in [3.63, 3.8) is 0 Å². The molecule has 1 saturated heterocycles. The first kappa shape index (κ1) is 10.6. The Bertz CT molecular complexity index is 520. The number of pyridine rings is 1. The standard InChI is InChI=1S/C13H16N2O2/c1-14-11(3-2-4-12(14)16)13(17)15-8-9-5-6-10(15)7-9/h2-4,9-10H,5-8H2,1H3. The number of carbonyl (C=O) groups is 1. The number of fused-ring (bicyclic) bond motifs is 2. The first-order valence-electron chi connectivity index (χ1n) is 6.14. The minimum atomic E-state index is -0.125. The molecule has 2 unspecified atom stereocenters. The molecule has 1 aromatic heterocycles. The van der Waals surface area contributed by atoms with E-state index < -0.39 is 0 Å². The van der Waals surface area contributed by atoms with Crippen LogP contribution in [0.4, 0.5) is 0 Å². The predicted molar refractivity (Wildman–Crippen MR) is 63.8 cm³/mol. The van der Waals surface area contributed by atoms with Gasteiger partial charge in [-0.05, 0) is 31.2 Å². The third-order valence-electron chi connectivity index (χ3n) is 4.07. The maximum Gasteiger partial charge on any atom is 0.270 e. The number of hydrogen-bond donors (Lipinski definition) is 0. The SMILES string of the molecule is Cn1c(C(=O)N2CC3CCC2C3)cccc1=O. The number of hydrogen-bond acceptors (Lipinski definition) is 2. The normalized spacial score (nSPS) is 26.5. The zero-order valence-corrected chi connectivity index (χ0v) is 9.93. The Morgan fingerprint density at radius 3 is 2.82 bits per heavy atom. The molecule has 4 nitrogen and oxygen atoms in total. The number of amides is 1. The number of carbonyl (C=O) groups excluding carboxylic acids is 1. The van der Waals surface area contributed by atoms with Gasteiger partial charge in [-0.25, -0.2) is 0 Å². The lowest BCUT2D eigenvalue weighted by Gasteiger charge is -2.27. The Hall–Kier alpha value is -1.58. The van der Waals surface area contributed by atoms with Gasteiger partial charge in [0.1, 0.15) is 5.69 Å². The number of rotatable bonds is 1. The van der Waals surface area contributed by atoms with Gasteiger partial charge in [-0.2, -0.15) is 0 Å². The van der Waals surface area contributed by atoms with E-state index in [4.69, 9.17) is 0 Å². The smallest absolute Gasteiger partial charge is 0.270 e. The molecule has 0 radical (unpaired) electrons. The van der Waals surface area contributed by atoms with Crippen molar-refractivity contribution in [3.05, 3.63) is 34.2 Å². The Balaban J connectivity index is 1.92. The van der Waals surface area contributed by atoms with Crippen LogP contribution in [0.2, 0.25) is 0 Å². The third kappa shape index (κ3) is 1.59. The van der Waals surface area contributed by atoms with Crippen molar-refractivity contribution in [2.24, 2.45) is 13.0 Å². The van der Waals surface area contributed by atoms with Gasteiger partial charge in [0.05, 0.1) is 0 Å². The molecule has 0 spiro atoms. The van der Waals surface area contributed by atoms with Crippen LogP contribution in [-0.4, -0.2) is 28.0 Å². The summed E-state index contributed by atoms with van der Waals surface area (Å²) in [6, 6.07) is 5.27. The lowest BCUT2D eigenvalue weighted by molar-refractivity contribution is 0.0692. The Morgan fingerprint density at radius 1 is 1.35 bits per heavy atom. The van der Waals surface area contributed by atoms with Crippen LogP contribution in [0.25, 0.3) is 0 Å². The monoisotopic (exact) mass is 232 g/mol. The minimum absolute atomic E-state index is 0.0115. The van der Waals surface area contributed by atoms with Crippen LogP contribution < -0.4 is 5.56 Å². The van der Waals surface area contributed by atoms with Gasteiger partial charge in [-0.1, -0.05) is 6.07 Å². The van der Waals surface area contributed by atoms with E-state index in [-0.39, 0.29) is 11.5 Å². The Kier molecular flexibility index (Phi) is 2.31. The summed E-state index contributed by atoms with van der Waals surface area (Å²) in [6.07, 6.45) is 3.52. The van der Waals surface area contributed by atoms with Gasteiger partial charge in [0.15, 0.2) is 0 Å². The summed E-state index contributed by atoms with van der Waals surface area (Å²) >= 11 is 0. The topological polar surface area (TPSA) is 42.3 Å². The lowest BCUT2D eigenvalue weighted by atomic mass is 10.1. The summed E-state index contributed by atoms with van der Waals surface area (Å²) in [7, 11) is 1.66. The molecule has 2 fully saturated rings. The summed E-state index contributed by atoms with van der Waals surface area (Å²) in [5, 5.41) is 0. The summed E-state index contributed by atoms with van der Waals surface area (Å²) < 4.78 is 1.44. The molecule has 1 aromatic rings. The van der Waals surface area contributed by atoms with Gasteiger partial charge in [0.25, 0.3) is 11.5 Å². The molecule has 1 aliphatic carbocycles. The molecule has 2 heterocycles. The van der Waals surface area contributed by atoms with Crippen molar-refractivity contribution in [1.82, 2.24) is 9.47 Å². The van der Waals surface area contributed by atoms with Crippen LogP contribution in [0.5, 0.6) is 0 Å². The molecule has 1 aliphatic heterocycles. The second-order valence-corrected chi connectivity index (χ2v) is 5.10. The Labute approximate surface area is 99.9 Å². The third-order valence-corrected chi connectivity index (χ3v) is 4.07. The van der Waals surface area contributed by atoms with Crippen LogP contribution in [0.3, 0.4) is 0 Å². The average molecular weight is 232 g/mol. The average Bonchev–Trinajstić information content (AvgIpc) is 2.94. The molecule has 1 amide bonds. The van der Waals surface area contributed by atoms with Crippen molar-refractivity contribution >= 4 is 5.91 Å². The van der Waals surface area contributed by atoms with E-state index in [1.807, 2.05) is 4.90 Å². The fourth-order valence-electron chi connectivity index (χ4n) is 3.10. The first-order chi connectivity index (χ1) is 8.16. The number of nitrogens with zero attached hydrogens (tertiary/aromatic N) is 2. The van der Waals surface area contributed by atoms with E-state index in [0.717, 1.165) is 19.4 Å². The Morgan fingerprint density at radius 2 is 2.18 bits per heavy atom. The number of likely N-dealkylation sites (tertiary alicyclic amines) is 1. The number of aromatic nitrogens is 1. The van der Waals surface area contributed by atoms with Crippen LogP contribution in [0.15, 0.2) is 23.0 Å². The van der Waals surface area contributed by atoms with Crippen LogP contribution in [0.1, 0.15) is 29.8 Å². The molecule has 17 heavy (non-hydrogen) atoms. The van der Waals surface area contributed by atoms with E-state index in [1.165, 1.54) is 17.1 Å². The fraction of sp³-hybridized carbons (Fsp3) is 0.538. The zero-order chi connectivity index (χ0) is 12.0. The van der Waals surface area contributed by atoms with Gasteiger partial charge in [0.2, 0.25) is 0 Å². The molecule has 1 saturated carbocycles. The second kappa shape index (κ2) is 3.72. The van der Waals surface area contributed by atoms with Crippen molar-refractivity contribution in [2.45, 2.75) is 25.3 Å². The van der Waals surface area contributed by atoms with Gasteiger partial charge in [-0.3, -0.25) is 9.59 Å². The lowest BCUT2D eigenvalue weighted by Crippen LogP contribution is -2.40. The summed E-state index contributed by atoms with van der Waals surface area (Å²) in [4.78, 5) is 25.8. The van der Waals surface area contributed by atoms with Crippen molar-refractivity contribution in [3.8, 4) is 0 Å². The van der Waals surface area contributed by atoms with Crippen LogP contribution in [-0.2, 0) is 7.05 Å². The highest BCUT2D eigenvalue weighted by molar-refractivity contribution is 5.93. The summed E-state index contributed by atoms with van der Waals surface area (Å²) in [5.41, 5.74) is 0.380. The van der Waals surface area contributed by atoms with E-state index in [2.05, 4.69) is 0 Å². The van der Waals surface area contributed by atoms with E-state index in [1.54, 1.807) is 19.2 Å². The van der Waals surface area contributed by atoms with Gasteiger partial charge in [-0.15, -0.1) is 0 Å². The largest absolute Gasteiger partial charge is 0.334 e. The second-order valence-electron chi connectivity index (χ2n) is 5.10. The van der Waals surface area contributed by atoms with Gasteiger partial charge < -0.3 is 9.47 Å². The van der Waals surface area contributed by atoms with E-state index in [9.17, 15) is 9.59 Å². The van der Waals surface area contributed by atoms with Crippen molar-refractivity contribution < 1.29 is 4.79 Å². The van der Waals surface area contributed by atoms with Gasteiger partial charge >= 0.3 is 0 Å². The molecule has 3 rings (SSSR count). The summed E-state index contributed by atoms with van der Waals surface area (Å²) in [6.45, 7) is 0.868. The highest BCUT2D eigenvalue weighted by Crippen LogP contribution is 2.37. The summed E-state index contributed by atoms with van der Waals surface area (Å²) in [5.74, 6) is 0.696. The molecule has 2 aliphatic rings. The highest BCUT2D eigenvalue weighted by atomic mass is 16.2. The molecular weight excluding hydrogens is 216 g/mol. The molecule has 2 bridgehead atoms. The molecular formula is C13H16N2O2. The zero-order valence-electron chi connectivity index (χ0n) is 9.93. The first-order valence-corrected chi connectivity index (χ1v) is 6.14.